The Balaban J connectivity index is 1.82. The average Bonchev–Trinajstić information content (AvgIpc) is 2.91. The molecule has 8 nitrogen and oxygen atoms in total. The van der Waals surface area contributed by atoms with Gasteiger partial charge in [0, 0.05) is 31.6 Å². The molecule has 3 atom stereocenters. The predicted molar refractivity (Wildman–Crippen MR) is 137 cm³/mol. The first-order chi connectivity index (χ1) is 17.4. The van der Waals surface area contributed by atoms with Gasteiger partial charge in [0.15, 0.2) is 11.5 Å². The molecule has 0 aromatic heterocycles. The highest BCUT2D eigenvalue weighted by Crippen LogP contribution is 2.46. The average molecular weight is 497 g/mol. The van der Waals surface area contributed by atoms with E-state index in [1.54, 1.807) is 45.5 Å². The van der Waals surface area contributed by atoms with Gasteiger partial charge < -0.3 is 28.7 Å². The Bertz CT molecular complexity index is 1060. The summed E-state index contributed by atoms with van der Waals surface area (Å²) in [6.45, 7) is 3.70. The second kappa shape index (κ2) is 11.1. The molecule has 0 unspecified atom stereocenters. The van der Waals surface area contributed by atoms with E-state index in [-0.39, 0.29) is 24.2 Å². The number of rotatable bonds is 7. The molecule has 0 saturated carbocycles. The van der Waals surface area contributed by atoms with Crippen LogP contribution in [0.5, 0.6) is 23.0 Å². The van der Waals surface area contributed by atoms with Gasteiger partial charge in [-0.3, -0.25) is 9.59 Å². The van der Waals surface area contributed by atoms with Crippen LogP contribution < -0.4 is 23.8 Å². The highest BCUT2D eigenvalue weighted by atomic mass is 16.5. The Kier molecular flexibility index (Phi) is 7.91. The van der Waals surface area contributed by atoms with Gasteiger partial charge in [0.2, 0.25) is 17.6 Å². The van der Waals surface area contributed by atoms with E-state index in [0.717, 1.165) is 31.5 Å². The van der Waals surface area contributed by atoms with Crippen LogP contribution in [0, 0.1) is 11.8 Å². The molecule has 2 aromatic carbocycles. The SMILES string of the molecule is COc1ccc([C@@H]2[C@@H](C(=O)N3CCC[C@H](C)C3)CCC(=O)N2c2cc(OC)c(OC)c(OC)c2)cc1. The lowest BCUT2D eigenvalue weighted by Gasteiger charge is -2.43. The van der Waals surface area contributed by atoms with E-state index in [9.17, 15) is 9.59 Å². The predicted octanol–water partition coefficient (Wildman–Crippen LogP) is 4.46. The molecule has 36 heavy (non-hydrogen) atoms. The van der Waals surface area contributed by atoms with Crippen molar-refractivity contribution >= 4 is 17.5 Å². The largest absolute Gasteiger partial charge is 0.497 e. The number of likely N-dealkylation sites (tertiary alicyclic amines) is 1. The van der Waals surface area contributed by atoms with Crippen LogP contribution in [-0.4, -0.2) is 58.2 Å². The topological polar surface area (TPSA) is 77.5 Å². The Morgan fingerprint density at radius 3 is 2.14 bits per heavy atom. The van der Waals surface area contributed by atoms with Gasteiger partial charge >= 0.3 is 0 Å². The number of benzene rings is 2. The van der Waals surface area contributed by atoms with Gasteiger partial charge in [-0.25, -0.2) is 0 Å². The summed E-state index contributed by atoms with van der Waals surface area (Å²) in [6.07, 6.45) is 2.91. The number of nitrogens with zero attached hydrogens (tertiary/aromatic N) is 2. The van der Waals surface area contributed by atoms with Crippen molar-refractivity contribution in [3.63, 3.8) is 0 Å². The van der Waals surface area contributed by atoms with E-state index in [1.165, 1.54) is 0 Å². The van der Waals surface area contributed by atoms with Crippen LogP contribution in [0.15, 0.2) is 36.4 Å². The highest BCUT2D eigenvalue weighted by Gasteiger charge is 2.43. The maximum Gasteiger partial charge on any atom is 0.228 e. The van der Waals surface area contributed by atoms with Crippen LogP contribution in [-0.2, 0) is 9.59 Å². The van der Waals surface area contributed by atoms with E-state index in [4.69, 9.17) is 18.9 Å². The van der Waals surface area contributed by atoms with Crippen molar-refractivity contribution in [2.45, 2.75) is 38.6 Å². The maximum absolute atomic E-state index is 13.9. The van der Waals surface area contributed by atoms with Gasteiger partial charge in [0.05, 0.1) is 46.1 Å². The minimum atomic E-state index is -0.482. The van der Waals surface area contributed by atoms with Gasteiger partial charge in [-0.15, -0.1) is 0 Å². The Hall–Kier alpha value is -3.42. The molecular weight excluding hydrogens is 460 g/mol. The number of carbonyl (C=O) groups is 2. The molecule has 2 amide bonds. The second-order valence-electron chi connectivity index (χ2n) is 9.54. The first kappa shape index (κ1) is 25.7. The standard InChI is InChI=1S/C28H36N2O6/c1-18-7-6-14-29(17-18)28(32)22-12-13-25(31)30(26(22)19-8-10-21(33-2)11-9-19)20-15-23(34-3)27(36-5)24(16-20)35-4/h8-11,15-16,18,22,26H,6-7,12-14,17H2,1-5H3/t18-,22-,26+/m0/s1. The molecule has 0 N–H and O–H groups in total. The van der Waals surface area contributed by atoms with E-state index < -0.39 is 6.04 Å². The smallest absolute Gasteiger partial charge is 0.228 e. The zero-order valence-corrected chi connectivity index (χ0v) is 21.8. The molecule has 2 aromatic rings. The quantitative estimate of drug-likeness (QED) is 0.563. The first-order valence-corrected chi connectivity index (χ1v) is 12.5. The molecule has 0 bridgehead atoms. The summed E-state index contributed by atoms with van der Waals surface area (Å²) < 4.78 is 22.0. The molecule has 2 fully saturated rings. The molecule has 4 rings (SSSR count). The van der Waals surface area contributed by atoms with Crippen molar-refractivity contribution in [3.8, 4) is 23.0 Å². The number of piperidine rings is 2. The number of hydrogen-bond acceptors (Lipinski definition) is 6. The van der Waals surface area contributed by atoms with Crippen molar-refractivity contribution < 1.29 is 28.5 Å². The molecule has 0 radical (unpaired) electrons. The summed E-state index contributed by atoms with van der Waals surface area (Å²) >= 11 is 0. The minimum absolute atomic E-state index is 0.0545. The van der Waals surface area contributed by atoms with E-state index in [0.29, 0.717) is 41.0 Å². The summed E-state index contributed by atoms with van der Waals surface area (Å²) in [6, 6.07) is 10.7. The van der Waals surface area contributed by atoms with E-state index in [2.05, 4.69) is 6.92 Å². The third kappa shape index (κ3) is 4.94. The molecule has 0 aliphatic carbocycles. The van der Waals surface area contributed by atoms with E-state index in [1.807, 2.05) is 29.2 Å². The molecular formula is C28H36N2O6. The summed E-state index contributed by atoms with van der Waals surface area (Å²) in [4.78, 5) is 31.2. The summed E-state index contributed by atoms with van der Waals surface area (Å²) in [5.74, 6) is 2.21. The van der Waals surface area contributed by atoms with Gasteiger partial charge in [-0.2, -0.15) is 0 Å². The summed E-state index contributed by atoms with van der Waals surface area (Å²) in [5.41, 5.74) is 1.47. The fourth-order valence-corrected chi connectivity index (χ4v) is 5.47. The summed E-state index contributed by atoms with van der Waals surface area (Å²) in [7, 11) is 6.25. The van der Waals surface area contributed by atoms with Crippen molar-refractivity contribution in [1.82, 2.24) is 4.90 Å². The van der Waals surface area contributed by atoms with Crippen LogP contribution in [0.2, 0.25) is 0 Å². The summed E-state index contributed by atoms with van der Waals surface area (Å²) in [5, 5.41) is 0. The van der Waals surface area contributed by atoms with Crippen molar-refractivity contribution in [2.75, 3.05) is 46.4 Å². The lowest BCUT2D eigenvalue weighted by Crippen LogP contribution is -2.51. The fraction of sp³-hybridized carbons (Fsp3) is 0.500. The third-order valence-electron chi connectivity index (χ3n) is 7.27. The van der Waals surface area contributed by atoms with Crippen LogP contribution in [0.25, 0.3) is 0 Å². The number of anilines is 1. The first-order valence-electron chi connectivity index (χ1n) is 12.5. The normalized spacial score (nSPS) is 22.2. The minimum Gasteiger partial charge on any atom is -0.497 e. The lowest BCUT2D eigenvalue weighted by molar-refractivity contribution is -0.140. The number of hydrogen-bond donors (Lipinski definition) is 0. The van der Waals surface area contributed by atoms with Crippen molar-refractivity contribution in [1.29, 1.82) is 0 Å². The maximum atomic E-state index is 13.9. The Labute approximate surface area is 213 Å². The van der Waals surface area contributed by atoms with Gasteiger partial charge in [-0.1, -0.05) is 19.1 Å². The van der Waals surface area contributed by atoms with Crippen LogP contribution in [0.4, 0.5) is 5.69 Å². The number of ether oxygens (including phenoxy) is 4. The molecule has 194 valence electrons. The molecule has 8 heteroatoms. The van der Waals surface area contributed by atoms with Crippen molar-refractivity contribution in [2.24, 2.45) is 11.8 Å². The van der Waals surface area contributed by atoms with Crippen LogP contribution >= 0.6 is 0 Å². The molecule has 2 aliphatic heterocycles. The molecule has 2 aliphatic rings. The molecule has 2 heterocycles. The number of amides is 2. The second-order valence-corrected chi connectivity index (χ2v) is 9.54. The Morgan fingerprint density at radius 1 is 0.917 bits per heavy atom. The van der Waals surface area contributed by atoms with E-state index >= 15 is 0 Å². The number of methoxy groups -OCH3 is 4. The number of carbonyl (C=O) groups excluding carboxylic acids is 2. The third-order valence-corrected chi connectivity index (χ3v) is 7.27. The van der Waals surface area contributed by atoms with Gasteiger partial charge in [0.1, 0.15) is 5.75 Å². The van der Waals surface area contributed by atoms with Gasteiger partial charge in [0.25, 0.3) is 0 Å². The van der Waals surface area contributed by atoms with Crippen LogP contribution in [0.1, 0.15) is 44.2 Å². The van der Waals surface area contributed by atoms with Crippen LogP contribution in [0.3, 0.4) is 0 Å². The zero-order valence-electron chi connectivity index (χ0n) is 21.8. The van der Waals surface area contributed by atoms with Crippen molar-refractivity contribution in [3.05, 3.63) is 42.0 Å². The lowest BCUT2D eigenvalue weighted by atomic mass is 9.82. The zero-order chi connectivity index (χ0) is 25.8. The monoisotopic (exact) mass is 496 g/mol. The highest BCUT2D eigenvalue weighted by molar-refractivity contribution is 5.98. The molecule has 2 saturated heterocycles. The van der Waals surface area contributed by atoms with Gasteiger partial charge in [-0.05, 0) is 42.9 Å². The molecule has 0 spiro atoms. The fourth-order valence-electron chi connectivity index (χ4n) is 5.47. The Morgan fingerprint density at radius 2 is 1.58 bits per heavy atom.